The number of para-hydroxylation sites is 1. The number of benzene rings is 1. The van der Waals surface area contributed by atoms with Crippen molar-refractivity contribution in [1.29, 1.82) is 0 Å². The molecule has 1 aromatic rings. The molecule has 1 aromatic carbocycles. The molecule has 0 amide bonds. The van der Waals surface area contributed by atoms with Crippen LogP contribution >= 0.6 is 0 Å². The van der Waals surface area contributed by atoms with Gasteiger partial charge >= 0.3 is 0 Å². The van der Waals surface area contributed by atoms with Crippen molar-refractivity contribution in [2.45, 2.75) is 31.7 Å². The topological polar surface area (TPSA) is 79.8 Å². The summed E-state index contributed by atoms with van der Waals surface area (Å²) in [5.41, 5.74) is 1.16. The molecular formula is C19H27N3O3S. The summed E-state index contributed by atoms with van der Waals surface area (Å²) in [5, 5.41) is 7.00. The number of nitrogens with one attached hydrogen (secondary N) is 2. The number of aliphatic imine (C=N–C) groups is 1. The van der Waals surface area contributed by atoms with Gasteiger partial charge in [0.2, 0.25) is 0 Å². The number of nitrogens with zero attached hydrogens (tertiary/aromatic N) is 1. The van der Waals surface area contributed by atoms with Crippen LogP contribution in [0.1, 0.15) is 37.3 Å². The maximum absolute atomic E-state index is 11.7. The SMILES string of the molecule is O=S1(=O)CCC(CN=C(NCC2CC2)NC2CCOc3ccccc32)C1. The molecule has 4 rings (SSSR count). The Labute approximate surface area is 155 Å². The van der Waals surface area contributed by atoms with E-state index in [9.17, 15) is 8.42 Å². The van der Waals surface area contributed by atoms with Crippen molar-refractivity contribution in [2.24, 2.45) is 16.8 Å². The van der Waals surface area contributed by atoms with Crippen LogP contribution in [0.5, 0.6) is 5.75 Å². The van der Waals surface area contributed by atoms with Crippen molar-refractivity contribution >= 4 is 15.8 Å². The van der Waals surface area contributed by atoms with E-state index < -0.39 is 9.84 Å². The van der Waals surface area contributed by atoms with Gasteiger partial charge in [-0.15, -0.1) is 0 Å². The first kappa shape index (κ1) is 17.6. The molecule has 0 aromatic heterocycles. The summed E-state index contributed by atoms with van der Waals surface area (Å²) in [7, 11) is -2.85. The van der Waals surface area contributed by atoms with Gasteiger partial charge in [-0.05, 0) is 37.2 Å². The molecule has 2 atom stereocenters. The number of fused-ring (bicyclic) bond motifs is 1. The van der Waals surface area contributed by atoms with Crippen molar-refractivity contribution in [3.63, 3.8) is 0 Å². The van der Waals surface area contributed by atoms with Gasteiger partial charge in [0.15, 0.2) is 15.8 Å². The summed E-state index contributed by atoms with van der Waals surface area (Å²) < 4.78 is 29.1. The average molecular weight is 378 g/mol. The zero-order valence-electron chi connectivity index (χ0n) is 15.0. The highest BCUT2D eigenvalue weighted by molar-refractivity contribution is 7.91. The Kier molecular flexibility index (Phi) is 5.07. The highest BCUT2D eigenvalue weighted by Crippen LogP contribution is 2.31. The zero-order chi connectivity index (χ0) is 18.0. The lowest BCUT2D eigenvalue weighted by atomic mass is 10.0. The fourth-order valence-electron chi connectivity index (χ4n) is 3.61. The van der Waals surface area contributed by atoms with Gasteiger partial charge in [0, 0.05) is 25.1 Å². The van der Waals surface area contributed by atoms with E-state index in [1.54, 1.807) is 0 Å². The summed E-state index contributed by atoms with van der Waals surface area (Å²) >= 11 is 0. The minimum absolute atomic E-state index is 0.140. The number of rotatable bonds is 5. The molecule has 0 spiro atoms. The lowest BCUT2D eigenvalue weighted by molar-refractivity contribution is 0.261. The lowest BCUT2D eigenvalue weighted by Crippen LogP contribution is -2.42. The van der Waals surface area contributed by atoms with Gasteiger partial charge in [-0.3, -0.25) is 4.99 Å². The number of guanidine groups is 1. The first-order valence-corrected chi connectivity index (χ1v) is 11.4. The Morgan fingerprint density at radius 3 is 2.77 bits per heavy atom. The van der Waals surface area contributed by atoms with Gasteiger partial charge in [-0.25, -0.2) is 8.42 Å². The maximum atomic E-state index is 11.7. The summed E-state index contributed by atoms with van der Waals surface area (Å²) in [6.07, 6.45) is 4.17. The van der Waals surface area contributed by atoms with E-state index in [4.69, 9.17) is 9.73 Å². The van der Waals surface area contributed by atoms with Crippen LogP contribution in [0.15, 0.2) is 29.3 Å². The highest BCUT2D eigenvalue weighted by Gasteiger charge is 2.28. The number of hydrogen-bond donors (Lipinski definition) is 2. The number of sulfone groups is 1. The molecule has 1 saturated heterocycles. The van der Waals surface area contributed by atoms with Crippen molar-refractivity contribution in [2.75, 3.05) is 31.2 Å². The molecule has 1 aliphatic carbocycles. The van der Waals surface area contributed by atoms with E-state index in [-0.39, 0.29) is 17.7 Å². The minimum atomic E-state index is -2.85. The molecule has 2 unspecified atom stereocenters. The van der Waals surface area contributed by atoms with Gasteiger partial charge in [-0.2, -0.15) is 0 Å². The second-order valence-electron chi connectivity index (χ2n) is 7.65. The standard InChI is InChI=1S/C19H27N3O3S/c23-26(24)10-8-15(13-26)12-21-19(20-11-14-5-6-14)22-17-7-9-25-18-4-2-1-3-16(17)18/h1-4,14-15,17H,5-13H2,(H2,20,21,22). The minimum Gasteiger partial charge on any atom is -0.493 e. The third kappa shape index (κ3) is 4.50. The molecule has 2 heterocycles. The Hall–Kier alpha value is -1.76. The second kappa shape index (κ2) is 7.47. The second-order valence-corrected chi connectivity index (χ2v) is 9.88. The molecular weight excluding hydrogens is 350 g/mol. The predicted molar refractivity (Wildman–Crippen MR) is 102 cm³/mol. The van der Waals surface area contributed by atoms with Crippen LogP contribution in [0.25, 0.3) is 0 Å². The summed E-state index contributed by atoms with van der Waals surface area (Å²) in [5.74, 6) is 3.19. The van der Waals surface area contributed by atoms with E-state index in [2.05, 4.69) is 16.7 Å². The number of ether oxygens (including phenoxy) is 1. The molecule has 0 radical (unpaired) electrons. The lowest BCUT2D eigenvalue weighted by Gasteiger charge is -2.28. The van der Waals surface area contributed by atoms with E-state index in [0.717, 1.165) is 42.6 Å². The average Bonchev–Trinajstić information content (AvgIpc) is 3.40. The van der Waals surface area contributed by atoms with E-state index in [1.165, 1.54) is 12.8 Å². The van der Waals surface area contributed by atoms with Gasteiger partial charge < -0.3 is 15.4 Å². The van der Waals surface area contributed by atoms with E-state index in [0.29, 0.717) is 18.9 Å². The van der Waals surface area contributed by atoms with Crippen LogP contribution in [0.4, 0.5) is 0 Å². The largest absolute Gasteiger partial charge is 0.493 e. The molecule has 6 nitrogen and oxygen atoms in total. The maximum Gasteiger partial charge on any atom is 0.191 e. The molecule has 142 valence electrons. The monoisotopic (exact) mass is 377 g/mol. The predicted octanol–water partition coefficient (Wildman–Crippen LogP) is 1.89. The molecule has 0 bridgehead atoms. The molecule has 2 N–H and O–H groups in total. The fraction of sp³-hybridized carbons (Fsp3) is 0.632. The van der Waals surface area contributed by atoms with Crippen molar-refractivity contribution in [1.82, 2.24) is 10.6 Å². The Balaban J connectivity index is 1.44. The van der Waals surface area contributed by atoms with Gasteiger partial charge in [-0.1, -0.05) is 18.2 Å². The highest BCUT2D eigenvalue weighted by atomic mass is 32.2. The zero-order valence-corrected chi connectivity index (χ0v) is 15.8. The molecule has 1 saturated carbocycles. The van der Waals surface area contributed by atoms with Crippen LogP contribution in [0.3, 0.4) is 0 Å². The third-order valence-corrected chi connectivity index (χ3v) is 7.20. The Morgan fingerprint density at radius 2 is 2.00 bits per heavy atom. The molecule has 26 heavy (non-hydrogen) atoms. The van der Waals surface area contributed by atoms with Crippen molar-refractivity contribution in [3.05, 3.63) is 29.8 Å². The normalized spacial score (nSPS) is 27.5. The smallest absolute Gasteiger partial charge is 0.191 e. The molecule has 2 fully saturated rings. The third-order valence-electron chi connectivity index (χ3n) is 5.36. The quantitative estimate of drug-likeness (QED) is 0.605. The van der Waals surface area contributed by atoms with E-state index >= 15 is 0 Å². The first-order valence-electron chi connectivity index (χ1n) is 9.56. The summed E-state index contributed by atoms with van der Waals surface area (Å²) in [6.45, 7) is 2.18. The first-order chi connectivity index (χ1) is 12.6. The van der Waals surface area contributed by atoms with Crippen LogP contribution < -0.4 is 15.4 Å². The van der Waals surface area contributed by atoms with Gasteiger partial charge in [0.05, 0.1) is 24.2 Å². The molecule has 2 aliphatic heterocycles. The van der Waals surface area contributed by atoms with Crippen LogP contribution in [0.2, 0.25) is 0 Å². The Bertz CT molecular complexity index is 774. The molecule has 3 aliphatic rings. The van der Waals surface area contributed by atoms with Crippen LogP contribution in [-0.4, -0.2) is 45.6 Å². The van der Waals surface area contributed by atoms with Crippen molar-refractivity contribution in [3.8, 4) is 5.75 Å². The fourth-order valence-corrected chi connectivity index (χ4v) is 5.46. The molecule has 7 heteroatoms. The summed E-state index contributed by atoms with van der Waals surface area (Å²) in [6, 6.07) is 8.27. The Morgan fingerprint density at radius 1 is 1.15 bits per heavy atom. The number of hydrogen-bond acceptors (Lipinski definition) is 4. The summed E-state index contributed by atoms with van der Waals surface area (Å²) in [4.78, 5) is 4.73. The van der Waals surface area contributed by atoms with Gasteiger partial charge in [0.25, 0.3) is 0 Å². The van der Waals surface area contributed by atoms with E-state index in [1.807, 2.05) is 18.2 Å². The van der Waals surface area contributed by atoms with Crippen molar-refractivity contribution < 1.29 is 13.2 Å². The van der Waals surface area contributed by atoms with Crippen LogP contribution in [0, 0.1) is 11.8 Å². The van der Waals surface area contributed by atoms with Crippen LogP contribution in [-0.2, 0) is 9.84 Å². The van der Waals surface area contributed by atoms with Gasteiger partial charge in [0.1, 0.15) is 5.75 Å².